The van der Waals surface area contributed by atoms with Crippen molar-refractivity contribution < 1.29 is 19.1 Å². The monoisotopic (exact) mass is 320 g/mol. The van der Waals surface area contributed by atoms with Crippen molar-refractivity contribution in [2.45, 2.75) is 0 Å². The first-order valence-corrected chi connectivity index (χ1v) is 7.25. The van der Waals surface area contributed by atoms with E-state index in [1.807, 2.05) is 0 Å². The van der Waals surface area contributed by atoms with Crippen molar-refractivity contribution >= 4 is 22.8 Å². The Morgan fingerprint density at radius 3 is 2.87 bits per heavy atom. The second kappa shape index (κ2) is 8.86. The quantitative estimate of drug-likeness (QED) is 0.567. The van der Waals surface area contributed by atoms with E-state index in [-0.39, 0.29) is 18.4 Å². The second-order valence-corrected chi connectivity index (χ2v) is 4.79. The summed E-state index contributed by atoms with van der Waals surface area (Å²) in [5, 5.41) is 5.40. The van der Waals surface area contributed by atoms with Gasteiger partial charge in [0.15, 0.2) is 0 Å². The topological polar surface area (TPSA) is 105 Å². The average Bonchev–Trinajstić information content (AvgIpc) is 3.03. The van der Waals surface area contributed by atoms with Crippen molar-refractivity contribution in [2.24, 2.45) is 0 Å². The summed E-state index contributed by atoms with van der Waals surface area (Å²) in [4.78, 5) is 30.5. The van der Waals surface area contributed by atoms with Crippen LogP contribution in [0.4, 0.5) is 0 Å². The molecule has 2 aromatic rings. The summed E-state index contributed by atoms with van der Waals surface area (Å²) in [6, 6.07) is 5.22. The van der Waals surface area contributed by atoms with Gasteiger partial charge in [-0.2, -0.15) is 0 Å². The van der Waals surface area contributed by atoms with E-state index in [1.165, 1.54) is 0 Å². The largest absolute Gasteiger partial charge is 0.382 e. The standard InChI is InChI=1S/C15H20N4O4/c1-22-6-7-23-9-14(20)16-4-5-17-15(21)11-2-3-12-13(8-11)19-10-18-12/h2-3,8,10H,4-7,9H2,1H3,(H,16,20)(H,17,21)(H,18,19). The van der Waals surface area contributed by atoms with Crippen LogP contribution in [0.2, 0.25) is 0 Å². The number of H-pyrrole nitrogens is 1. The van der Waals surface area contributed by atoms with E-state index in [9.17, 15) is 9.59 Å². The fraction of sp³-hybridized carbons (Fsp3) is 0.400. The van der Waals surface area contributed by atoms with Crippen LogP contribution in [0, 0.1) is 0 Å². The lowest BCUT2D eigenvalue weighted by Crippen LogP contribution is -2.36. The van der Waals surface area contributed by atoms with Gasteiger partial charge in [-0.25, -0.2) is 4.98 Å². The number of imidazole rings is 1. The average molecular weight is 320 g/mol. The Balaban J connectivity index is 1.65. The van der Waals surface area contributed by atoms with Crippen LogP contribution in [-0.2, 0) is 14.3 Å². The number of hydrogen-bond donors (Lipinski definition) is 3. The molecule has 0 spiro atoms. The molecule has 1 aromatic carbocycles. The molecule has 0 saturated heterocycles. The molecule has 0 atom stereocenters. The van der Waals surface area contributed by atoms with Gasteiger partial charge in [0, 0.05) is 25.8 Å². The van der Waals surface area contributed by atoms with Crippen molar-refractivity contribution in [3.63, 3.8) is 0 Å². The predicted octanol–water partition coefficient (Wildman–Crippen LogP) is 0.0719. The maximum Gasteiger partial charge on any atom is 0.251 e. The molecule has 124 valence electrons. The van der Waals surface area contributed by atoms with Crippen LogP contribution in [0.25, 0.3) is 11.0 Å². The highest BCUT2D eigenvalue weighted by atomic mass is 16.5. The van der Waals surface area contributed by atoms with E-state index in [1.54, 1.807) is 31.6 Å². The van der Waals surface area contributed by atoms with Gasteiger partial charge in [-0.3, -0.25) is 9.59 Å². The number of fused-ring (bicyclic) bond motifs is 1. The van der Waals surface area contributed by atoms with Crippen molar-refractivity contribution in [2.75, 3.05) is 40.0 Å². The Hall–Kier alpha value is -2.45. The molecule has 8 nitrogen and oxygen atoms in total. The Labute approximate surface area is 133 Å². The van der Waals surface area contributed by atoms with Gasteiger partial charge < -0.3 is 25.1 Å². The highest BCUT2D eigenvalue weighted by Gasteiger charge is 2.07. The number of carbonyl (C=O) groups is 2. The van der Waals surface area contributed by atoms with Crippen LogP contribution >= 0.6 is 0 Å². The Morgan fingerprint density at radius 2 is 2.04 bits per heavy atom. The van der Waals surface area contributed by atoms with Gasteiger partial charge in [-0.1, -0.05) is 0 Å². The zero-order chi connectivity index (χ0) is 16.5. The highest BCUT2D eigenvalue weighted by molar-refractivity contribution is 5.97. The maximum atomic E-state index is 12.0. The van der Waals surface area contributed by atoms with E-state index in [0.29, 0.717) is 31.9 Å². The van der Waals surface area contributed by atoms with Gasteiger partial charge in [0.25, 0.3) is 5.91 Å². The van der Waals surface area contributed by atoms with Crippen LogP contribution in [0.1, 0.15) is 10.4 Å². The van der Waals surface area contributed by atoms with E-state index in [0.717, 1.165) is 11.0 Å². The van der Waals surface area contributed by atoms with Gasteiger partial charge >= 0.3 is 0 Å². The smallest absolute Gasteiger partial charge is 0.251 e. The first-order chi connectivity index (χ1) is 11.2. The zero-order valence-electron chi connectivity index (χ0n) is 12.9. The lowest BCUT2D eigenvalue weighted by Gasteiger charge is -2.08. The molecular formula is C15H20N4O4. The number of nitrogens with one attached hydrogen (secondary N) is 3. The summed E-state index contributed by atoms with van der Waals surface area (Å²) in [6.07, 6.45) is 1.58. The third-order valence-electron chi connectivity index (χ3n) is 3.08. The number of hydrogen-bond acceptors (Lipinski definition) is 5. The molecule has 8 heteroatoms. The Kier molecular flexibility index (Phi) is 6.52. The number of amides is 2. The molecule has 0 radical (unpaired) electrons. The maximum absolute atomic E-state index is 12.0. The molecule has 2 amide bonds. The number of methoxy groups -OCH3 is 1. The SMILES string of the molecule is COCCOCC(=O)NCCNC(=O)c1ccc2nc[nH]c2c1. The van der Waals surface area contributed by atoms with Gasteiger partial charge in [0.1, 0.15) is 6.61 Å². The third kappa shape index (κ3) is 5.35. The number of rotatable bonds is 9. The van der Waals surface area contributed by atoms with Crippen LogP contribution in [-0.4, -0.2) is 61.8 Å². The van der Waals surface area contributed by atoms with Crippen molar-refractivity contribution in [3.05, 3.63) is 30.1 Å². The molecule has 0 bridgehead atoms. The number of nitrogens with zero attached hydrogens (tertiary/aromatic N) is 1. The van der Waals surface area contributed by atoms with Gasteiger partial charge in [-0.15, -0.1) is 0 Å². The van der Waals surface area contributed by atoms with E-state index in [4.69, 9.17) is 9.47 Å². The molecule has 0 unspecified atom stereocenters. The molecule has 1 aromatic heterocycles. The molecule has 1 heterocycles. The number of carbonyl (C=O) groups excluding carboxylic acids is 2. The van der Waals surface area contributed by atoms with Crippen molar-refractivity contribution in [1.29, 1.82) is 0 Å². The molecule has 0 aliphatic rings. The Morgan fingerprint density at radius 1 is 1.22 bits per heavy atom. The molecule has 3 N–H and O–H groups in total. The molecule has 2 rings (SSSR count). The van der Waals surface area contributed by atoms with E-state index >= 15 is 0 Å². The molecule has 0 aliphatic heterocycles. The van der Waals surface area contributed by atoms with Crippen molar-refractivity contribution in [1.82, 2.24) is 20.6 Å². The molecule has 0 aliphatic carbocycles. The number of aromatic nitrogens is 2. The summed E-state index contributed by atoms with van der Waals surface area (Å²) >= 11 is 0. The number of ether oxygens (including phenoxy) is 2. The van der Waals surface area contributed by atoms with Gasteiger partial charge in [0.05, 0.1) is 30.6 Å². The van der Waals surface area contributed by atoms with E-state index < -0.39 is 0 Å². The van der Waals surface area contributed by atoms with Gasteiger partial charge in [-0.05, 0) is 18.2 Å². The normalized spacial score (nSPS) is 10.7. The first kappa shape index (κ1) is 16.9. The van der Waals surface area contributed by atoms with Crippen LogP contribution in [0.5, 0.6) is 0 Å². The Bertz CT molecular complexity index is 656. The number of aromatic amines is 1. The van der Waals surface area contributed by atoms with Gasteiger partial charge in [0.2, 0.25) is 5.91 Å². The highest BCUT2D eigenvalue weighted by Crippen LogP contribution is 2.11. The lowest BCUT2D eigenvalue weighted by molar-refractivity contribution is -0.126. The minimum atomic E-state index is -0.228. The zero-order valence-corrected chi connectivity index (χ0v) is 12.9. The molecule has 0 fully saturated rings. The fourth-order valence-corrected chi connectivity index (χ4v) is 1.91. The fourth-order valence-electron chi connectivity index (χ4n) is 1.91. The summed E-state index contributed by atoms with van der Waals surface area (Å²) in [5.41, 5.74) is 2.15. The summed E-state index contributed by atoms with van der Waals surface area (Å²) in [7, 11) is 1.57. The van der Waals surface area contributed by atoms with Crippen LogP contribution in [0.15, 0.2) is 24.5 Å². The first-order valence-electron chi connectivity index (χ1n) is 7.25. The minimum absolute atomic E-state index is 0.0200. The second-order valence-electron chi connectivity index (χ2n) is 4.79. The van der Waals surface area contributed by atoms with Crippen LogP contribution < -0.4 is 10.6 Å². The summed E-state index contributed by atoms with van der Waals surface area (Å²) in [5.74, 6) is -0.429. The number of benzene rings is 1. The molecule has 0 saturated carbocycles. The third-order valence-corrected chi connectivity index (χ3v) is 3.08. The van der Waals surface area contributed by atoms with Crippen molar-refractivity contribution in [3.8, 4) is 0 Å². The predicted molar refractivity (Wildman–Crippen MR) is 84.1 cm³/mol. The summed E-state index contributed by atoms with van der Waals surface area (Å²) < 4.78 is 9.88. The van der Waals surface area contributed by atoms with E-state index in [2.05, 4.69) is 20.6 Å². The summed E-state index contributed by atoms with van der Waals surface area (Å²) in [6.45, 7) is 1.47. The minimum Gasteiger partial charge on any atom is -0.382 e. The molecule has 23 heavy (non-hydrogen) atoms. The lowest BCUT2D eigenvalue weighted by atomic mass is 10.2. The van der Waals surface area contributed by atoms with Crippen LogP contribution in [0.3, 0.4) is 0 Å². The molecular weight excluding hydrogens is 300 g/mol.